The molecule has 21 heavy (non-hydrogen) atoms. The lowest BCUT2D eigenvalue weighted by atomic mass is 10.0. The summed E-state index contributed by atoms with van der Waals surface area (Å²) in [7, 11) is 0. The van der Waals surface area contributed by atoms with Crippen molar-refractivity contribution < 1.29 is 14.0 Å². The Morgan fingerprint density at radius 1 is 1.24 bits per heavy atom. The molecule has 1 saturated heterocycles. The van der Waals surface area contributed by atoms with E-state index >= 15 is 0 Å². The molecule has 0 amide bonds. The lowest BCUT2D eigenvalue weighted by Crippen LogP contribution is -2.52. The quantitative estimate of drug-likeness (QED) is 0.624. The minimum absolute atomic E-state index is 0.668. The van der Waals surface area contributed by atoms with E-state index < -0.39 is 0 Å². The molecule has 1 aromatic rings. The van der Waals surface area contributed by atoms with Gasteiger partial charge in [0.15, 0.2) is 18.9 Å². The van der Waals surface area contributed by atoms with Crippen molar-refractivity contribution in [2.45, 2.75) is 18.9 Å². The largest absolute Gasteiger partial charge is 0.476 e. The van der Waals surface area contributed by atoms with Gasteiger partial charge in [0.1, 0.15) is 0 Å². The first-order valence-electron chi connectivity index (χ1n) is 7.77. The molecular formula is C16H22N3O2+. The second-order valence-corrected chi connectivity index (χ2v) is 6.05. The lowest BCUT2D eigenvalue weighted by Gasteiger charge is -2.36. The van der Waals surface area contributed by atoms with Crippen molar-refractivity contribution in [2.75, 3.05) is 45.2 Å². The van der Waals surface area contributed by atoms with Gasteiger partial charge in [-0.15, -0.1) is 0 Å². The topological polar surface area (TPSA) is 50.7 Å². The van der Waals surface area contributed by atoms with Crippen LogP contribution in [0.15, 0.2) is 18.2 Å². The molecule has 5 heteroatoms. The van der Waals surface area contributed by atoms with Gasteiger partial charge in [-0.2, -0.15) is 4.58 Å². The Morgan fingerprint density at radius 3 is 2.95 bits per heavy atom. The highest BCUT2D eigenvalue weighted by molar-refractivity contribution is 5.86. The Morgan fingerprint density at radius 2 is 2.10 bits per heavy atom. The lowest BCUT2D eigenvalue weighted by molar-refractivity contribution is -0.455. The Balaban J connectivity index is 1.58. The molecule has 0 bridgehead atoms. The third-order valence-electron chi connectivity index (χ3n) is 4.75. The van der Waals surface area contributed by atoms with Crippen LogP contribution in [-0.4, -0.2) is 60.7 Å². The molecule has 112 valence electrons. The number of nitrogens with zero attached hydrogens (tertiary/aromatic N) is 2. The molecule has 3 heterocycles. The highest BCUT2D eigenvalue weighted by Crippen LogP contribution is 2.33. The number of benzene rings is 1. The van der Waals surface area contributed by atoms with E-state index in [1.165, 1.54) is 5.71 Å². The van der Waals surface area contributed by atoms with Crippen LogP contribution in [0.2, 0.25) is 0 Å². The van der Waals surface area contributed by atoms with E-state index in [1.54, 1.807) is 0 Å². The highest BCUT2D eigenvalue weighted by Gasteiger charge is 2.35. The van der Waals surface area contributed by atoms with E-state index in [-0.39, 0.29) is 0 Å². The third-order valence-corrected chi connectivity index (χ3v) is 4.75. The maximum absolute atomic E-state index is 5.90. The van der Waals surface area contributed by atoms with Crippen LogP contribution in [0.25, 0.3) is 0 Å². The van der Waals surface area contributed by atoms with Gasteiger partial charge >= 0.3 is 0 Å². The normalized spacial score (nSPS) is 23.4. The van der Waals surface area contributed by atoms with Gasteiger partial charge in [-0.1, -0.05) is 0 Å². The van der Waals surface area contributed by atoms with Crippen molar-refractivity contribution in [3.63, 3.8) is 0 Å². The molecule has 0 spiro atoms. The van der Waals surface area contributed by atoms with Gasteiger partial charge in [0.25, 0.3) is 0 Å². The zero-order valence-electron chi connectivity index (χ0n) is 12.3. The average Bonchev–Trinajstić information content (AvgIpc) is 2.54. The Kier molecular flexibility index (Phi) is 3.31. The van der Waals surface area contributed by atoms with Crippen molar-refractivity contribution in [3.05, 3.63) is 18.2 Å². The van der Waals surface area contributed by atoms with Crippen molar-refractivity contribution in [1.82, 2.24) is 4.90 Å². The smallest absolute Gasteiger partial charge is 0.247 e. The molecule has 0 aliphatic carbocycles. The fourth-order valence-corrected chi connectivity index (χ4v) is 3.59. The first kappa shape index (κ1) is 13.1. The van der Waals surface area contributed by atoms with Gasteiger partial charge in [0, 0.05) is 37.1 Å². The zero-order chi connectivity index (χ0) is 14.2. The fraction of sp³-hybridized carbons (Fsp3) is 0.562. The summed E-state index contributed by atoms with van der Waals surface area (Å²) in [5, 5.41) is 0. The Bertz CT molecular complexity index is 579. The van der Waals surface area contributed by atoms with E-state index in [1.807, 2.05) is 12.1 Å². The van der Waals surface area contributed by atoms with Crippen LogP contribution in [-0.2, 0) is 4.74 Å². The summed E-state index contributed by atoms with van der Waals surface area (Å²) < 4.78 is 13.8. The predicted molar refractivity (Wildman–Crippen MR) is 81.6 cm³/mol. The van der Waals surface area contributed by atoms with E-state index in [2.05, 4.69) is 15.5 Å². The number of hydrogen-bond donors (Lipinski definition) is 1. The summed E-state index contributed by atoms with van der Waals surface area (Å²) in [5.74, 6) is 0.915. The monoisotopic (exact) mass is 288 g/mol. The number of nitrogens with two attached hydrogens (primary N) is 1. The maximum Gasteiger partial charge on any atom is 0.247 e. The number of rotatable bonds is 1. The number of nitrogen functional groups attached to an aromatic ring is 1. The maximum atomic E-state index is 5.90. The fourth-order valence-electron chi connectivity index (χ4n) is 3.59. The summed E-state index contributed by atoms with van der Waals surface area (Å²) in [6, 6.07) is 6.63. The number of fused-ring (bicyclic) bond motifs is 2. The van der Waals surface area contributed by atoms with Crippen molar-refractivity contribution in [2.24, 2.45) is 0 Å². The molecule has 1 aromatic carbocycles. The molecule has 3 aliphatic heterocycles. The van der Waals surface area contributed by atoms with Crippen LogP contribution in [0, 0.1) is 0 Å². The second-order valence-electron chi connectivity index (χ2n) is 6.05. The van der Waals surface area contributed by atoms with Gasteiger partial charge in [0.05, 0.1) is 13.1 Å². The summed E-state index contributed by atoms with van der Waals surface area (Å²) >= 11 is 0. The first-order valence-corrected chi connectivity index (χ1v) is 7.77. The summed E-state index contributed by atoms with van der Waals surface area (Å²) in [6.45, 7) is 5.63. The van der Waals surface area contributed by atoms with Gasteiger partial charge in [-0.05, 0) is 18.9 Å². The van der Waals surface area contributed by atoms with E-state index in [0.29, 0.717) is 12.6 Å². The summed E-state index contributed by atoms with van der Waals surface area (Å²) in [4.78, 5) is 2.60. The van der Waals surface area contributed by atoms with Gasteiger partial charge in [0.2, 0.25) is 11.4 Å². The van der Waals surface area contributed by atoms with Crippen molar-refractivity contribution in [1.29, 1.82) is 0 Å². The Labute approximate surface area is 124 Å². The second kappa shape index (κ2) is 5.31. The summed E-state index contributed by atoms with van der Waals surface area (Å²) in [6.07, 6.45) is 2.31. The third kappa shape index (κ3) is 2.40. The summed E-state index contributed by atoms with van der Waals surface area (Å²) in [5.41, 5.74) is 9.14. The molecule has 0 atom stereocenters. The molecular weight excluding hydrogens is 266 g/mol. The van der Waals surface area contributed by atoms with Gasteiger partial charge in [-0.3, -0.25) is 4.90 Å². The van der Waals surface area contributed by atoms with Crippen LogP contribution in [0.1, 0.15) is 12.8 Å². The Hall–Kier alpha value is -1.59. The molecule has 0 unspecified atom stereocenters. The SMILES string of the molecule is Nc1ccc2c(c1)OCC1=[N+]2CCN(C2CCOCC2)C1. The van der Waals surface area contributed by atoms with E-state index in [4.69, 9.17) is 15.2 Å². The van der Waals surface area contributed by atoms with Gasteiger partial charge < -0.3 is 15.2 Å². The van der Waals surface area contributed by atoms with E-state index in [9.17, 15) is 0 Å². The standard InChI is InChI=1S/C16H22N3O2/c17-12-1-2-15-16(9-12)21-11-14-10-18(5-6-19(14)15)13-3-7-20-8-4-13/h1-2,9,13H,3-8,10-11,17H2/q+1. The van der Waals surface area contributed by atoms with Crippen LogP contribution >= 0.6 is 0 Å². The minimum atomic E-state index is 0.668. The predicted octanol–water partition coefficient (Wildman–Crippen LogP) is 1.24. The van der Waals surface area contributed by atoms with Gasteiger partial charge in [-0.25, -0.2) is 0 Å². The van der Waals surface area contributed by atoms with Crippen LogP contribution in [0.5, 0.6) is 5.75 Å². The molecule has 0 saturated carbocycles. The number of hydrogen-bond acceptors (Lipinski definition) is 4. The molecule has 2 N–H and O–H groups in total. The van der Waals surface area contributed by atoms with Crippen LogP contribution in [0.4, 0.5) is 11.4 Å². The molecule has 3 aliphatic rings. The minimum Gasteiger partial charge on any atom is -0.476 e. The molecule has 1 fully saturated rings. The molecule has 0 aromatic heterocycles. The zero-order valence-corrected chi connectivity index (χ0v) is 12.3. The number of ether oxygens (including phenoxy) is 2. The molecule has 4 rings (SSSR count). The molecule has 0 radical (unpaired) electrons. The first-order chi connectivity index (χ1) is 10.3. The highest BCUT2D eigenvalue weighted by atomic mass is 16.5. The van der Waals surface area contributed by atoms with Crippen molar-refractivity contribution in [3.8, 4) is 5.75 Å². The van der Waals surface area contributed by atoms with Crippen LogP contribution in [0.3, 0.4) is 0 Å². The number of anilines is 1. The molecule has 5 nitrogen and oxygen atoms in total. The van der Waals surface area contributed by atoms with Crippen molar-refractivity contribution >= 4 is 17.1 Å². The van der Waals surface area contributed by atoms with E-state index in [0.717, 1.165) is 62.8 Å². The van der Waals surface area contributed by atoms with Crippen LogP contribution < -0.4 is 10.5 Å². The average molecular weight is 288 g/mol.